The third kappa shape index (κ3) is 3.06. The molecule has 0 N–H and O–H groups in total. The fraction of sp³-hybridized carbons (Fsp3) is 0.667. The van der Waals surface area contributed by atoms with Gasteiger partial charge >= 0.3 is 5.97 Å². The highest BCUT2D eigenvalue weighted by atomic mass is 16.5. The number of ether oxygens (including phenoxy) is 1. The Labute approximate surface area is 101 Å². The van der Waals surface area contributed by atoms with Crippen LogP contribution in [-0.2, 0) is 16.1 Å². The summed E-state index contributed by atoms with van der Waals surface area (Å²) in [7, 11) is 1.46. The lowest BCUT2D eigenvalue weighted by Gasteiger charge is -2.22. The van der Waals surface area contributed by atoms with Crippen molar-refractivity contribution in [2.75, 3.05) is 20.2 Å². The van der Waals surface area contributed by atoms with Crippen molar-refractivity contribution >= 4 is 5.97 Å². The van der Waals surface area contributed by atoms with Crippen LogP contribution in [-0.4, -0.2) is 46.7 Å². The van der Waals surface area contributed by atoms with E-state index in [1.165, 1.54) is 7.11 Å². The van der Waals surface area contributed by atoms with Crippen LogP contribution in [0.15, 0.2) is 18.7 Å². The van der Waals surface area contributed by atoms with E-state index in [1.807, 2.05) is 12.5 Å². The first kappa shape index (κ1) is 12.1. The number of methoxy groups -OCH3 is 1. The number of aromatic nitrogens is 2. The van der Waals surface area contributed by atoms with E-state index in [0.29, 0.717) is 0 Å². The molecule has 1 unspecified atom stereocenters. The number of likely N-dealkylation sites (tertiary alicyclic amines) is 1. The molecule has 1 saturated heterocycles. The molecule has 5 heteroatoms. The van der Waals surface area contributed by atoms with E-state index >= 15 is 0 Å². The van der Waals surface area contributed by atoms with Crippen LogP contribution in [0.1, 0.15) is 19.3 Å². The van der Waals surface area contributed by atoms with E-state index in [1.54, 1.807) is 6.20 Å². The minimum absolute atomic E-state index is 0.0252. The zero-order chi connectivity index (χ0) is 12.1. The summed E-state index contributed by atoms with van der Waals surface area (Å²) >= 11 is 0. The summed E-state index contributed by atoms with van der Waals surface area (Å²) in [6, 6.07) is -0.0252. The van der Waals surface area contributed by atoms with E-state index in [0.717, 1.165) is 38.9 Å². The Bertz CT molecular complexity index is 351. The standard InChI is InChI=1S/C12H19N3O2/c1-17-12(16)11-4-2-7-15(11)8-3-6-14-9-5-13-10-14/h5,9-11H,2-4,6-8H2,1H3. The number of hydrogen-bond acceptors (Lipinski definition) is 4. The van der Waals surface area contributed by atoms with Gasteiger partial charge in [-0.05, 0) is 25.8 Å². The minimum Gasteiger partial charge on any atom is -0.468 e. The third-order valence-corrected chi connectivity index (χ3v) is 3.26. The zero-order valence-electron chi connectivity index (χ0n) is 10.2. The highest BCUT2D eigenvalue weighted by molar-refractivity contribution is 5.75. The minimum atomic E-state index is -0.0925. The molecule has 1 aromatic heterocycles. The van der Waals surface area contributed by atoms with Crippen LogP contribution >= 0.6 is 0 Å². The van der Waals surface area contributed by atoms with Gasteiger partial charge in [0, 0.05) is 25.5 Å². The second-order valence-electron chi connectivity index (χ2n) is 4.37. The quantitative estimate of drug-likeness (QED) is 0.714. The van der Waals surface area contributed by atoms with Gasteiger partial charge in [-0.25, -0.2) is 4.98 Å². The molecule has 0 bridgehead atoms. The molecule has 1 fully saturated rings. The first-order valence-corrected chi connectivity index (χ1v) is 6.09. The summed E-state index contributed by atoms with van der Waals surface area (Å²) in [4.78, 5) is 17.8. The van der Waals surface area contributed by atoms with E-state index in [4.69, 9.17) is 4.74 Å². The molecule has 0 radical (unpaired) electrons. The summed E-state index contributed by atoms with van der Waals surface area (Å²) in [5, 5.41) is 0. The first-order chi connectivity index (χ1) is 8.31. The predicted molar refractivity (Wildman–Crippen MR) is 63.5 cm³/mol. The van der Waals surface area contributed by atoms with Crippen molar-refractivity contribution in [1.29, 1.82) is 0 Å². The Morgan fingerprint density at radius 1 is 1.53 bits per heavy atom. The number of imidazole rings is 1. The fourth-order valence-electron chi connectivity index (χ4n) is 2.37. The number of rotatable bonds is 5. The maximum Gasteiger partial charge on any atom is 0.323 e. The van der Waals surface area contributed by atoms with Gasteiger partial charge in [0.2, 0.25) is 0 Å². The molecule has 1 atom stereocenters. The van der Waals surface area contributed by atoms with E-state index in [9.17, 15) is 4.79 Å². The molecule has 1 aliphatic rings. The molecular weight excluding hydrogens is 218 g/mol. The first-order valence-electron chi connectivity index (χ1n) is 6.09. The van der Waals surface area contributed by atoms with Gasteiger partial charge in [-0.2, -0.15) is 0 Å². The number of esters is 1. The van der Waals surface area contributed by atoms with Crippen LogP contribution in [0.2, 0.25) is 0 Å². The topological polar surface area (TPSA) is 47.4 Å². The van der Waals surface area contributed by atoms with Crippen molar-refractivity contribution in [3.05, 3.63) is 18.7 Å². The highest BCUT2D eigenvalue weighted by Crippen LogP contribution is 2.18. The van der Waals surface area contributed by atoms with Gasteiger partial charge in [0.15, 0.2) is 0 Å². The zero-order valence-corrected chi connectivity index (χ0v) is 10.2. The van der Waals surface area contributed by atoms with E-state index < -0.39 is 0 Å². The molecule has 0 amide bonds. The third-order valence-electron chi connectivity index (χ3n) is 3.26. The number of carbonyl (C=O) groups is 1. The van der Waals surface area contributed by atoms with Crippen LogP contribution in [0.5, 0.6) is 0 Å². The molecule has 0 spiro atoms. The predicted octanol–water partition coefficient (Wildman–Crippen LogP) is 0.911. The lowest BCUT2D eigenvalue weighted by molar-refractivity contribution is -0.145. The van der Waals surface area contributed by atoms with E-state index in [-0.39, 0.29) is 12.0 Å². The molecule has 1 aromatic rings. The second kappa shape index (κ2) is 5.82. The average molecular weight is 237 g/mol. The van der Waals surface area contributed by atoms with Gasteiger partial charge in [-0.15, -0.1) is 0 Å². The Kier molecular flexibility index (Phi) is 4.14. The lowest BCUT2D eigenvalue weighted by atomic mass is 10.2. The van der Waals surface area contributed by atoms with Crippen LogP contribution < -0.4 is 0 Å². The maximum absolute atomic E-state index is 11.5. The molecule has 17 heavy (non-hydrogen) atoms. The van der Waals surface area contributed by atoms with Crippen molar-refractivity contribution < 1.29 is 9.53 Å². The molecule has 2 heterocycles. The fourth-order valence-corrected chi connectivity index (χ4v) is 2.37. The van der Waals surface area contributed by atoms with Gasteiger partial charge in [-0.3, -0.25) is 9.69 Å². The largest absolute Gasteiger partial charge is 0.468 e. The number of nitrogens with zero attached hydrogens (tertiary/aromatic N) is 3. The Balaban J connectivity index is 1.76. The number of hydrogen-bond donors (Lipinski definition) is 0. The monoisotopic (exact) mass is 237 g/mol. The van der Waals surface area contributed by atoms with Crippen molar-refractivity contribution in [3.63, 3.8) is 0 Å². The number of carbonyl (C=O) groups excluding carboxylic acids is 1. The molecule has 0 aliphatic carbocycles. The summed E-state index contributed by atoms with van der Waals surface area (Å²) in [5.41, 5.74) is 0. The van der Waals surface area contributed by atoms with Crippen LogP contribution in [0, 0.1) is 0 Å². The van der Waals surface area contributed by atoms with Gasteiger partial charge in [0.05, 0.1) is 13.4 Å². The Hall–Kier alpha value is -1.36. The van der Waals surface area contributed by atoms with Crippen molar-refractivity contribution in [1.82, 2.24) is 14.5 Å². The number of aryl methyl sites for hydroxylation is 1. The Morgan fingerprint density at radius 2 is 2.41 bits per heavy atom. The Morgan fingerprint density at radius 3 is 3.12 bits per heavy atom. The van der Waals surface area contributed by atoms with Crippen LogP contribution in [0.25, 0.3) is 0 Å². The lowest BCUT2D eigenvalue weighted by Crippen LogP contribution is -2.37. The van der Waals surface area contributed by atoms with Gasteiger partial charge in [0.25, 0.3) is 0 Å². The molecule has 0 aromatic carbocycles. The van der Waals surface area contributed by atoms with Crippen molar-refractivity contribution in [2.45, 2.75) is 31.8 Å². The summed E-state index contributed by atoms with van der Waals surface area (Å²) in [6.45, 7) is 2.89. The van der Waals surface area contributed by atoms with Crippen molar-refractivity contribution in [3.8, 4) is 0 Å². The van der Waals surface area contributed by atoms with Gasteiger partial charge in [-0.1, -0.05) is 0 Å². The SMILES string of the molecule is COC(=O)C1CCCN1CCCn1ccnc1. The summed E-state index contributed by atoms with van der Waals surface area (Å²) < 4.78 is 6.88. The average Bonchev–Trinajstić information content (AvgIpc) is 2.99. The van der Waals surface area contributed by atoms with Crippen molar-refractivity contribution in [2.24, 2.45) is 0 Å². The van der Waals surface area contributed by atoms with E-state index in [2.05, 4.69) is 14.5 Å². The molecule has 1 aliphatic heterocycles. The molecule has 94 valence electrons. The molecular formula is C12H19N3O2. The van der Waals surface area contributed by atoms with Crippen LogP contribution in [0.4, 0.5) is 0 Å². The summed E-state index contributed by atoms with van der Waals surface area (Å²) in [5.74, 6) is -0.0925. The van der Waals surface area contributed by atoms with Gasteiger partial charge in [0.1, 0.15) is 6.04 Å². The second-order valence-corrected chi connectivity index (χ2v) is 4.37. The normalized spacial score (nSPS) is 20.6. The molecule has 5 nitrogen and oxygen atoms in total. The van der Waals surface area contributed by atoms with Crippen LogP contribution in [0.3, 0.4) is 0 Å². The summed E-state index contributed by atoms with van der Waals surface area (Å²) in [6.07, 6.45) is 8.61. The molecule has 0 saturated carbocycles. The maximum atomic E-state index is 11.5. The van der Waals surface area contributed by atoms with Gasteiger partial charge < -0.3 is 9.30 Å². The smallest absolute Gasteiger partial charge is 0.323 e. The molecule has 2 rings (SSSR count). The highest BCUT2D eigenvalue weighted by Gasteiger charge is 2.30.